The number of aromatic nitrogens is 2. The third-order valence-corrected chi connectivity index (χ3v) is 3.27. The zero-order valence-corrected chi connectivity index (χ0v) is 10.0. The lowest BCUT2D eigenvalue weighted by Gasteiger charge is -2.01. The molecule has 16 heavy (non-hydrogen) atoms. The second-order valence-corrected chi connectivity index (χ2v) is 4.85. The Morgan fingerprint density at radius 3 is 2.69 bits per heavy atom. The minimum absolute atomic E-state index is 0.114. The Bertz CT molecular complexity index is 472. The monoisotopic (exact) mass is 247 g/mol. The second kappa shape index (κ2) is 4.62. The number of hydrogen-bond acceptors (Lipinski definition) is 5. The van der Waals surface area contributed by atoms with Crippen LogP contribution in [0, 0.1) is 6.92 Å². The highest BCUT2D eigenvalue weighted by atomic mass is 32.2. The van der Waals surface area contributed by atoms with Gasteiger partial charge in [0.2, 0.25) is 0 Å². The Labute approximate surface area is 93.5 Å². The molecule has 0 radical (unpaired) electrons. The molecule has 1 heterocycles. The molecule has 0 bridgehead atoms. The van der Waals surface area contributed by atoms with Crippen LogP contribution in [0.4, 0.5) is 0 Å². The predicted molar refractivity (Wildman–Crippen MR) is 55.1 cm³/mol. The summed E-state index contributed by atoms with van der Waals surface area (Å²) >= 11 is 0. The Hall–Kier alpha value is -1.41. The number of rotatable bonds is 4. The third kappa shape index (κ3) is 2.80. The maximum Gasteiger partial charge on any atom is 0.320 e. The minimum atomic E-state index is -3.75. The fourth-order valence-corrected chi connectivity index (χ4v) is 1.96. The molecule has 0 saturated heterocycles. The first-order chi connectivity index (χ1) is 7.36. The Kier molecular flexibility index (Phi) is 3.66. The smallest absolute Gasteiger partial charge is 0.320 e. The maximum atomic E-state index is 11.6. The number of imidazole rings is 1. The molecule has 0 saturated carbocycles. The number of nitrogens with zero attached hydrogens (tertiary/aromatic N) is 2. The number of ether oxygens (including phenoxy) is 1. The van der Waals surface area contributed by atoms with E-state index in [1.165, 1.54) is 13.3 Å². The number of nitrogens with one attached hydrogen (secondary N) is 1. The molecule has 90 valence electrons. The van der Waals surface area contributed by atoms with Gasteiger partial charge in [-0.3, -0.25) is 4.79 Å². The minimum Gasteiger partial charge on any atom is -0.468 e. The van der Waals surface area contributed by atoms with Crippen molar-refractivity contribution in [2.75, 3.05) is 13.7 Å². The average molecular weight is 247 g/mol. The number of aryl methyl sites for hydroxylation is 2. The molecule has 0 aliphatic heterocycles. The molecule has 1 aromatic rings. The maximum absolute atomic E-state index is 11.6. The fourth-order valence-electron chi connectivity index (χ4n) is 0.956. The van der Waals surface area contributed by atoms with Crippen LogP contribution in [0.3, 0.4) is 0 Å². The van der Waals surface area contributed by atoms with E-state index in [-0.39, 0.29) is 5.03 Å². The Morgan fingerprint density at radius 1 is 1.62 bits per heavy atom. The van der Waals surface area contributed by atoms with Crippen molar-refractivity contribution >= 4 is 16.0 Å². The summed E-state index contributed by atoms with van der Waals surface area (Å²) in [5.41, 5.74) is 0. The predicted octanol–water partition coefficient (Wildman–Crippen LogP) is -0.820. The molecule has 1 aromatic heterocycles. The van der Waals surface area contributed by atoms with E-state index < -0.39 is 22.5 Å². The highest BCUT2D eigenvalue weighted by Gasteiger charge is 2.19. The number of sulfonamides is 1. The van der Waals surface area contributed by atoms with Crippen LogP contribution in [-0.2, 0) is 26.6 Å². The average Bonchev–Trinajstić information content (AvgIpc) is 2.56. The van der Waals surface area contributed by atoms with Crippen LogP contribution < -0.4 is 4.72 Å². The molecule has 1 rings (SSSR count). The van der Waals surface area contributed by atoms with Crippen molar-refractivity contribution in [1.29, 1.82) is 0 Å². The van der Waals surface area contributed by atoms with Crippen molar-refractivity contribution in [2.24, 2.45) is 7.05 Å². The van der Waals surface area contributed by atoms with E-state index >= 15 is 0 Å². The van der Waals surface area contributed by atoms with Crippen molar-refractivity contribution in [3.8, 4) is 0 Å². The van der Waals surface area contributed by atoms with Gasteiger partial charge in [0, 0.05) is 13.2 Å². The second-order valence-electron chi connectivity index (χ2n) is 3.14. The van der Waals surface area contributed by atoms with Crippen LogP contribution in [-0.4, -0.2) is 37.6 Å². The van der Waals surface area contributed by atoms with E-state index in [9.17, 15) is 13.2 Å². The highest BCUT2D eigenvalue weighted by Crippen LogP contribution is 2.06. The van der Waals surface area contributed by atoms with E-state index in [2.05, 4.69) is 14.4 Å². The summed E-state index contributed by atoms with van der Waals surface area (Å²) in [6.07, 6.45) is 1.37. The first-order valence-electron chi connectivity index (χ1n) is 4.43. The number of esters is 1. The molecule has 0 aliphatic carbocycles. The van der Waals surface area contributed by atoms with Gasteiger partial charge in [-0.25, -0.2) is 13.4 Å². The summed E-state index contributed by atoms with van der Waals surface area (Å²) in [7, 11) is -0.886. The topological polar surface area (TPSA) is 90.3 Å². The molecule has 0 amide bonds. The molecule has 1 N–H and O–H groups in total. The summed E-state index contributed by atoms with van der Waals surface area (Å²) in [6, 6.07) is 0. The van der Waals surface area contributed by atoms with Crippen LogP contribution in [0.5, 0.6) is 0 Å². The van der Waals surface area contributed by atoms with Crippen LogP contribution in [0.15, 0.2) is 11.2 Å². The first-order valence-corrected chi connectivity index (χ1v) is 5.91. The van der Waals surface area contributed by atoms with Crippen molar-refractivity contribution < 1.29 is 17.9 Å². The zero-order chi connectivity index (χ0) is 12.3. The lowest BCUT2D eigenvalue weighted by molar-refractivity contribution is -0.139. The van der Waals surface area contributed by atoms with Crippen LogP contribution >= 0.6 is 0 Å². The van der Waals surface area contributed by atoms with Crippen LogP contribution in [0.2, 0.25) is 0 Å². The molecule has 0 aliphatic rings. The normalized spacial score (nSPS) is 11.4. The van der Waals surface area contributed by atoms with Gasteiger partial charge in [0.15, 0.2) is 5.03 Å². The first kappa shape index (κ1) is 12.7. The van der Waals surface area contributed by atoms with Gasteiger partial charge in [-0.15, -0.1) is 0 Å². The SMILES string of the molecule is COC(=O)CNS(=O)(=O)c1cn(C)c(C)n1. The van der Waals surface area contributed by atoms with Gasteiger partial charge in [0.05, 0.1) is 7.11 Å². The molecule has 0 spiro atoms. The van der Waals surface area contributed by atoms with E-state index in [0.29, 0.717) is 5.82 Å². The van der Waals surface area contributed by atoms with Gasteiger partial charge in [-0.1, -0.05) is 0 Å². The number of carbonyl (C=O) groups is 1. The lowest BCUT2D eigenvalue weighted by Crippen LogP contribution is -2.30. The van der Waals surface area contributed by atoms with E-state index in [4.69, 9.17) is 0 Å². The molecule has 0 atom stereocenters. The number of hydrogen-bond donors (Lipinski definition) is 1. The van der Waals surface area contributed by atoms with E-state index in [1.54, 1.807) is 18.5 Å². The molecular weight excluding hydrogens is 234 g/mol. The molecule has 7 nitrogen and oxygen atoms in total. The molecule has 0 fully saturated rings. The third-order valence-electron chi connectivity index (χ3n) is 2.00. The summed E-state index contributed by atoms with van der Waals surface area (Å²) in [5, 5.41) is -0.114. The fraction of sp³-hybridized carbons (Fsp3) is 0.500. The summed E-state index contributed by atoms with van der Waals surface area (Å²) < 4.78 is 31.2. The molecule has 0 aromatic carbocycles. The lowest BCUT2D eigenvalue weighted by atomic mass is 10.7. The van der Waals surface area contributed by atoms with Crippen molar-refractivity contribution in [3.63, 3.8) is 0 Å². The zero-order valence-electron chi connectivity index (χ0n) is 9.22. The molecular formula is C8H13N3O4S. The molecule has 8 heteroatoms. The molecule has 0 unspecified atom stereocenters. The number of carbonyl (C=O) groups excluding carboxylic acids is 1. The Morgan fingerprint density at radius 2 is 2.25 bits per heavy atom. The highest BCUT2D eigenvalue weighted by molar-refractivity contribution is 7.89. The van der Waals surface area contributed by atoms with Crippen molar-refractivity contribution in [1.82, 2.24) is 14.3 Å². The van der Waals surface area contributed by atoms with Crippen LogP contribution in [0.1, 0.15) is 5.82 Å². The van der Waals surface area contributed by atoms with Gasteiger partial charge in [0.25, 0.3) is 10.0 Å². The van der Waals surface area contributed by atoms with Gasteiger partial charge in [0.1, 0.15) is 12.4 Å². The van der Waals surface area contributed by atoms with E-state index in [0.717, 1.165) is 0 Å². The van der Waals surface area contributed by atoms with Gasteiger partial charge in [-0.2, -0.15) is 4.72 Å². The van der Waals surface area contributed by atoms with Gasteiger partial charge >= 0.3 is 5.97 Å². The Balaban J connectivity index is 2.82. The van der Waals surface area contributed by atoms with Crippen molar-refractivity contribution in [3.05, 3.63) is 12.0 Å². The van der Waals surface area contributed by atoms with E-state index in [1.807, 2.05) is 0 Å². The largest absolute Gasteiger partial charge is 0.468 e. The number of methoxy groups -OCH3 is 1. The van der Waals surface area contributed by atoms with Crippen LogP contribution in [0.25, 0.3) is 0 Å². The van der Waals surface area contributed by atoms with Gasteiger partial charge < -0.3 is 9.30 Å². The van der Waals surface area contributed by atoms with Crippen molar-refractivity contribution in [2.45, 2.75) is 11.9 Å². The quantitative estimate of drug-likeness (QED) is 0.702. The summed E-state index contributed by atoms with van der Waals surface area (Å²) in [5.74, 6) is -0.0883. The summed E-state index contributed by atoms with van der Waals surface area (Å²) in [4.78, 5) is 14.6. The van der Waals surface area contributed by atoms with Gasteiger partial charge in [-0.05, 0) is 6.92 Å². The standard InChI is InChI=1S/C8H13N3O4S/c1-6-10-7(5-11(6)2)16(13,14)9-4-8(12)15-3/h5,9H,4H2,1-3H3. The summed E-state index contributed by atoms with van der Waals surface area (Å²) in [6.45, 7) is 1.27.